The number of hydrogen-bond donors (Lipinski definition) is 1. The molecule has 9 nitrogen and oxygen atoms in total. The van der Waals surface area contributed by atoms with Crippen LogP contribution in [0.1, 0.15) is 22.0 Å². The van der Waals surface area contributed by atoms with Crippen molar-refractivity contribution >= 4 is 11.7 Å². The van der Waals surface area contributed by atoms with Crippen molar-refractivity contribution in [2.45, 2.75) is 13.5 Å². The predicted octanol–water partition coefficient (Wildman–Crippen LogP) is -0.320. The van der Waals surface area contributed by atoms with Crippen molar-refractivity contribution < 1.29 is 9.53 Å². The van der Waals surface area contributed by atoms with E-state index in [1.54, 1.807) is 13.2 Å². The number of anilines is 1. The molecule has 2 aromatic rings. The maximum absolute atomic E-state index is 12.0. The van der Waals surface area contributed by atoms with Gasteiger partial charge in [-0.25, -0.2) is 9.97 Å². The van der Waals surface area contributed by atoms with Crippen LogP contribution in [0.15, 0.2) is 12.3 Å². The molecule has 0 bridgehead atoms. The summed E-state index contributed by atoms with van der Waals surface area (Å²) in [5, 5.41) is 10.3. The molecule has 0 radical (unpaired) electrons. The molecule has 3 heterocycles. The Morgan fingerprint density at radius 1 is 1.35 bits per heavy atom. The van der Waals surface area contributed by atoms with Gasteiger partial charge in [-0.15, -0.1) is 5.10 Å². The number of carbonyl (C=O) groups is 1. The minimum absolute atomic E-state index is 0.244. The molecule has 9 heteroatoms. The van der Waals surface area contributed by atoms with Crippen LogP contribution in [0.2, 0.25) is 0 Å². The predicted molar refractivity (Wildman–Crippen MR) is 82.0 cm³/mol. The summed E-state index contributed by atoms with van der Waals surface area (Å²) in [5.74, 6) is 1.14. The largest absolute Gasteiger partial charge is 0.378 e. The lowest BCUT2D eigenvalue weighted by Gasteiger charge is -2.28. The van der Waals surface area contributed by atoms with E-state index in [1.807, 2.05) is 13.0 Å². The van der Waals surface area contributed by atoms with Gasteiger partial charge >= 0.3 is 0 Å². The van der Waals surface area contributed by atoms with Gasteiger partial charge in [0.25, 0.3) is 5.91 Å². The van der Waals surface area contributed by atoms with Crippen LogP contribution < -0.4 is 10.2 Å². The van der Waals surface area contributed by atoms with E-state index in [0.717, 1.165) is 24.6 Å². The van der Waals surface area contributed by atoms with Crippen LogP contribution in [0, 0.1) is 6.92 Å². The van der Waals surface area contributed by atoms with E-state index in [9.17, 15) is 4.79 Å². The van der Waals surface area contributed by atoms with E-state index in [-0.39, 0.29) is 18.1 Å². The fraction of sp³-hybridized carbons (Fsp3) is 0.500. The smallest absolute Gasteiger partial charge is 0.273 e. The molecule has 3 rings (SSSR count). The Morgan fingerprint density at radius 3 is 2.83 bits per heavy atom. The molecule has 1 N–H and O–H groups in total. The summed E-state index contributed by atoms with van der Waals surface area (Å²) in [7, 11) is 1.71. The van der Waals surface area contributed by atoms with Crippen LogP contribution in [0.4, 0.5) is 5.82 Å². The second-order valence-electron chi connectivity index (χ2n) is 5.34. The van der Waals surface area contributed by atoms with E-state index in [1.165, 1.54) is 4.68 Å². The zero-order chi connectivity index (χ0) is 16.2. The first-order valence-electron chi connectivity index (χ1n) is 7.43. The number of aryl methyl sites for hydroxylation is 2. The third-order valence-electron chi connectivity index (χ3n) is 3.46. The van der Waals surface area contributed by atoms with Crippen molar-refractivity contribution in [2.24, 2.45) is 7.05 Å². The van der Waals surface area contributed by atoms with Gasteiger partial charge < -0.3 is 15.0 Å². The van der Waals surface area contributed by atoms with Gasteiger partial charge in [0, 0.05) is 31.9 Å². The maximum Gasteiger partial charge on any atom is 0.273 e. The summed E-state index contributed by atoms with van der Waals surface area (Å²) < 4.78 is 6.84. The molecule has 2 aromatic heterocycles. The topological polar surface area (TPSA) is 98.1 Å². The van der Waals surface area contributed by atoms with Gasteiger partial charge in [-0.3, -0.25) is 9.48 Å². The third-order valence-corrected chi connectivity index (χ3v) is 3.46. The first-order valence-corrected chi connectivity index (χ1v) is 7.43. The van der Waals surface area contributed by atoms with Gasteiger partial charge in [0.1, 0.15) is 11.6 Å². The normalized spacial score (nSPS) is 14.8. The number of rotatable bonds is 4. The first-order chi connectivity index (χ1) is 11.1. The molecule has 1 saturated heterocycles. The summed E-state index contributed by atoms with van der Waals surface area (Å²) >= 11 is 0. The van der Waals surface area contributed by atoms with Gasteiger partial charge in [0.05, 0.1) is 26.0 Å². The molecule has 0 atom stereocenters. The molecule has 0 spiro atoms. The molecule has 1 aliphatic heterocycles. The lowest BCUT2D eigenvalue weighted by atomic mass is 10.3. The highest BCUT2D eigenvalue weighted by Gasteiger charge is 2.15. The Kier molecular flexibility index (Phi) is 4.47. The van der Waals surface area contributed by atoms with Crippen molar-refractivity contribution in [3.05, 3.63) is 29.5 Å². The van der Waals surface area contributed by atoms with Gasteiger partial charge in [0.15, 0.2) is 5.69 Å². The summed E-state index contributed by atoms with van der Waals surface area (Å²) in [6.45, 7) is 5.17. The molecule has 1 fully saturated rings. The number of morpholine rings is 1. The van der Waals surface area contributed by atoms with E-state index in [4.69, 9.17) is 4.74 Å². The van der Waals surface area contributed by atoms with E-state index >= 15 is 0 Å². The molecule has 0 unspecified atom stereocenters. The maximum atomic E-state index is 12.0. The van der Waals surface area contributed by atoms with Crippen LogP contribution in [0.5, 0.6) is 0 Å². The molecule has 0 saturated carbocycles. The highest BCUT2D eigenvalue weighted by atomic mass is 16.5. The average Bonchev–Trinajstić information content (AvgIpc) is 2.99. The fourth-order valence-corrected chi connectivity index (χ4v) is 2.35. The summed E-state index contributed by atoms with van der Waals surface area (Å²) in [6.07, 6.45) is 1.56. The Bertz CT molecular complexity index is 694. The van der Waals surface area contributed by atoms with Crippen molar-refractivity contribution in [1.82, 2.24) is 30.3 Å². The number of hydrogen-bond acceptors (Lipinski definition) is 7. The number of carbonyl (C=O) groups excluding carboxylic acids is 1. The quantitative estimate of drug-likeness (QED) is 0.825. The summed E-state index contributed by atoms with van der Waals surface area (Å²) in [5.41, 5.74) is 1.14. The van der Waals surface area contributed by atoms with Crippen LogP contribution in [0.3, 0.4) is 0 Å². The van der Waals surface area contributed by atoms with Crippen molar-refractivity contribution in [1.29, 1.82) is 0 Å². The van der Waals surface area contributed by atoms with E-state index in [0.29, 0.717) is 19.0 Å². The number of nitrogens with zero attached hydrogens (tertiary/aromatic N) is 6. The van der Waals surface area contributed by atoms with Gasteiger partial charge in [-0.2, -0.15) is 0 Å². The van der Waals surface area contributed by atoms with Crippen LogP contribution >= 0.6 is 0 Å². The SMILES string of the molecule is Cc1cc(N2CCOCC2)nc(CNC(=O)c2cn(C)nn2)n1. The zero-order valence-electron chi connectivity index (χ0n) is 13.2. The monoisotopic (exact) mass is 317 g/mol. The molecule has 122 valence electrons. The van der Waals surface area contributed by atoms with Crippen molar-refractivity contribution in [3.63, 3.8) is 0 Å². The number of aromatic nitrogens is 5. The number of amides is 1. The number of nitrogens with one attached hydrogen (secondary N) is 1. The molecule has 23 heavy (non-hydrogen) atoms. The Hall–Kier alpha value is -2.55. The minimum Gasteiger partial charge on any atom is -0.378 e. The second kappa shape index (κ2) is 6.69. The van der Waals surface area contributed by atoms with E-state index < -0.39 is 0 Å². The lowest BCUT2D eigenvalue weighted by molar-refractivity contribution is 0.0944. The van der Waals surface area contributed by atoms with Gasteiger partial charge in [-0.1, -0.05) is 5.21 Å². The Labute approximate surface area is 133 Å². The highest BCUT2D eigenvalue weighted by molar-refractivity contribution is 5.91. The van der Waals surface area contributed by atoms with Gasteiger partial charge in [-0.05, 0) is 6.92 Å². The zero-order valence-corrected chi connectivity index (χ0v) is 13.2. The van der Waals surface area contributed by atoms with Gasteiger partial charge in [0.2, 0.25) is 0 Å². The van der Waals surface area contributed by atoms with Crippen LogP contribution in [-0.2, 0) is 18.3 Å². The third kappa shape index (κ3) is 3.81. The first kappa shape index (κ1) is 15.3. The van der Waals surface area contributed by atoms with Crippen molar-refractivity contribution in [3.8, 4) is 0 Å². The molecule has 0 aromatic carbocycles. The van der Waals surface area contributed by atoms with E-state index in [2.05, 4.69) is 30.5 Å². The fourth-order valence-electron chi connectivity index (χ4n) is 2.35. The Morgan fingerprint density at radius 2 is 2.13 bits per heavy atom. The summed E-state index contributed by atoms with van der Waals surface area (Å²) in [6, 6.07) is 1.94. The standard InChI is InChI=1S/C14H19N7O2/c1-10-7-13(21-3-5-23-6-4-21)17-12(16-10)8-15-14(22)11-9-20(2)19-18-11/h7,9H,3-6,8H2,1-2H3,(H,15,22). The molecular formula is C14H19N7O2. The minimum atomic E-state index is -0.295. The molecular weight excluding hydrogens is 298 g/mol. The summed E-state index contributed by atoms with van der Waals surface area (Å²) in [4.78, 5) is 23.1. The number of ether oxygens (including phenoxy) is 1. The van der Waals surface area contributed by atoms with Crippen LogP contribution in [-0.4, -0.2) is 57.2 Å². The highest BCUT2D eigenvalue weighted by Crippen LogP contribution is 2.14. The lowest BCUT2D eigenvalue weighted by Crippen LogP contribution is -2.37. The second-order valence-corrected chi connectivity index (χ2v) is 5.34. The molecule has 1 amide bonds. The molecule has 0 aliphatic carbocycles. The van der Waals surface area contributed by atoms with Crippen LogP contribution in [0.25, 0.3) is 0 Å². The Balaban J connectivity index is 1.67. The van der Waals surface area contributed by atoms with Crippen molar-refractivity contribution in [2.75, 3.05) is 31.2 Å². The average molecular weight is 317 g/mol. The molecule has 1 aliphatic rings.